The zero-order valence-electron chi connectivity index (χ0n) is 12.5. The predicted octanol–water partition coefficient (Wildman–Crippen LogP) is 1.94. The largest absolute Gasteiger partial charge is 0.484 e. The van der Waals surface area contributed by atoms with E-state index in [2.05, 4.69) is 15.6 Å². The quantitative estimate of drug-likeness (QED) is 0.458. The standard InChI is InChI=1S/C14H20F3N3O2/c1-18-13(19-6-7-21-2)20-9-11-4-3-5-12(8-11)22-10-14(15,16)17/h3-5,8H,6-7,9-10H2,1-2H3,(H2,18,19,20). The Morgan fingerprint density at radius 3 is 2.68 bits per heavy atom. The molecule has 5 nitrogen and oxygen atoms in total. The second-order valence-electron chi connectivity index (χ2n) is 4.40. The summed E-state index contributed by atoms with van der Waals surface area (Å²) in [5, 5.41) is 6.08. The number of alkyl halides is 3. The van der Waals surface area contributed by atoms with Crippen LogP contribution in [0.25, 0.3) is 0 Å². The average Bonchev–Trinajstić information content (AvgIpc) is 2.48. The SMILES string of the molecule is CN=C(NCCOC)NCc1cccc(OCC(F)(F)F)c1. The van der Waals surface area contributed by atoms with Gasteiger partial charge in [-0.25, -0.2) is 0 Å². The van der Waals surface area contributed by atoms with Gasteiger partial charge < -0.3 is 20.1 Å². The Kier molecular flexibility index (Phi) is 7.51. The number of guanidine groups is 1. The van der Waals surface area contributed by atoms with E-state index in [1.54, 1.807) is 32.4 Å². The summed E-state index contributed by atoms with van der Waals surface area (Å²) < 4.78 is 46.0. The summed E-state index contributed by atoms with van der Waals surface area (Å²) in [6, 6.07) is 6.47. The van der Waals surface area contributed by atoms with Gasteiger partial charge in [-0.05, 0) is 17.7 Å². The molecule has 0 amide bonds. The van der Waals surface area contributed by atoms with Crippen molar-refractivity contribution in [1.29, 1.82) is 0 Å². The highest BCUT2D eigenvalue weighted by Gasteiger charge is 2.28. The van der Waals surface area contributed by atoms with Crippen molar-refractivity contribution >= 4 is 5.96 Å². The molecule has 0 bridgehead atoms. The molecule has 0 aromatic heterocycles. The van der Waals surface area contributed by atoms with Gasteiger partial charge >= 0.3 is 6.18 Å². The Balaban J connectivity index is 2.48. The van der Waals surface area contributed by atoms with Crippen LogP contribution >= 0.6 is 0 Å². The van der Waals surface area contributed by atoms with Crippen LogP contribution in [0.3, 0.4) is 0 Å². The minimum atomic E-state index is -4.35. The first-order valence-electron chi connectivity index (χ1n) is 6.66. The van der Waals surface area contributed by atoms with E-state index in [1.165, 1.54) is 6.07 Å². The lowest BCUT2D eigenvalue weighted by Gasteiger charge is -2.13. The summed E-state index contributed by atoms with van der Waals surface area (Å²) in [7, 11) is 3.23. The average molecular weight is 319 g/mol. The summed E-state index contributed by atoms with van der Waals surface area (Å²) in [6.07, 6.45) is -4.35. The number of hydrogen-bond acceptors (Lipinski definition) is 3. The van der Waals surface area contributed by atoms with E-state index in [0.29, 0.717) is 25.7 Å². The lowest BCUT2D eigenvalue weighted by molar-refractivity contribution is -0.153. The molecule has 0 aliphatic carbocycles. The van der Waals surface area contributed by atoms with E-state index >= 15 is 0 Å². The number of rotatable bonds is 7. The fraction of sp³-hybridized carbons (Fsp3) is 0.500. The Bertz CT molecular complexity index is 479. The molecule has 1 rings (SSSR count). The lowest BCUT2D eigenvalue weighted by Crippen LogP contribution is -2.38. The van der Waals surface area contributed by atoms with Crippen LogP contribution in [0.2, 0.25) is 0 Å². The number of aliphatic imine (C=N–C) groups is 1. The van der Waals surface area contributed by atoms with Crippen molar-refractivity contribution < 1.29 is 22.6 Å². The van der Waals surface area contributed by atoms with Gasteiger partial charge in [-0.2, -0.15) is 13.2 Å². The van der Waals surface area contributed by atoms with Crippen molar-refractivity contribution in [2.75, 3.05) is 33.9 Å². The first-order chi connectivity index (χ1) is 10.4. The highest BCUT2D eigenvalue weighted by Crippen LogP contribution is 2.19. The Hall–Kier alpha value is -1.96. The summed E-state index contributed by atoms with van der Waals surface area (Å²) >= 11 is 0. The van der Waals surface area contributed by atoms with E-state index in [4.69, 9.17) is 9.47 Å². The van der Waals surface area contributed by atoms with Crippen molar-refractivity contribution in [3.63, 3.8) is 0 Å². The second kappa shape index (κ2) is 9.14. The highest BCUT2D eigenvalue weighted by molar-refractivity contribution is 5.79. The molecule has 0 spiro atoms. The van der Waals surface area contributed by atoms with Crippen LogP contribution in [0.5, 0.6) is 5.75 Å². The van der Waals surface area contributed by atoms with Crippen LogP contribution in [0.4, 0.5) is 13.2 Å². The number of halogens is 3. The van der Waals surface area contributed by atoms with Crippen LogP contribution in [0, 0.1) is 0 Å². The molecule has 124 valence electrons. The van der Waals surface area contributed by atoms with Crippen LogP contribution < -0.4 is 15.4 Å². The van der Waals surface area contributed by atoms with Crippen LogP contribution in [-0.4, -0.2) is 46.1 Å². The molecule has 0 radical (unpaired) electrons. The molecule has 1 aromatic carbocycles. The minimum Gasteiger partial charge on any atom is -0.484 e. The maximum Gasteiger partial charge on any atom is 0.422 e. The predicted molar refractivity (Wildman–Crippen MR) is 78.1 cm³/mol. The molecule has 0 saturated carbocycles. The van der Waals surface area contributed by atoms with E-state index < -0.39 is 12.8 Å². The number of ether oxygens (including phenoxy) is 2. The number of nitrogens with zero attached hydrogens (tertiary/aromatic N) is 1. The molecule has 0 saturated heterocycles. The van der Waals surface area contributed by atoms with Gasteiger partial charge in [0, 0.05) is 27.2 Å². The maximum atomic E-state index is 12.1. The zero-order chi connectivity index (χ0) is 16.4. The van der Waals surface area contributed by atoms with Gasteiger partial charge in [0.1, 0.15) is 5.75 Å². The van der Waals surface area contributed by atoms with Gasteiger partial charge in [0.15, 0.2) is 12.6 Å². The van der Waals surface area contributed by atoms with Crippen LogP contribution in [0.1, 0.15) is 5.56 Å². The number of methoxy groups -OCH3 is 1. The molecule has 2 N–H and O–H groups in total. The van der Waals surface area contributed by atoms with E-state index in [0.717, 1.165) is 5.56 Å². The Morgan fingerprint density at radius 1 is 1.27 bits per heavy atom. The molecular formula is C14H20F3N3O2. The second-order valence-corrected chi connectivity index (χ2v) is 4.40. The molecule has 22 heavy (non-hydrogen) atoms. The van der Waals surface area contributed by atoms with Crippen molar-refractivity contribution in [3.05, 3.63) is 29.8 Å². The third kappa shape index (κ3) is 7.72. The molecule has 0 heterocycles. The number of hydrogen-bond donors (Lipinski definition) is 2. The first kappa shape index (κ1) is 18.1. The first-order valence-corrected chi connectivity index (χ1v) is 6.66. The third-order valence-corrected chi connectivity index (χ3v) is 2.58. The van der Waals surface area contributed by atoms with Crippen molar-refractivity contribution in [2.45, 2.75) is 12.7 Å². The summed E-state index contributed by atoms with van der Waals surface area (Å²) in [5.41, 5.74) is 0.786. The van der Waals surface area contributed by atoms with E-state index in [-0.39, 0.29) is 5.75 Å². The molecular weight excluding hydrogens is 299 g/mol. The molecule has 0 atom stereocenters. The van der Waals surface area contributed by atoms with Gasteiger partial charge in [0.25, 0.3) is 0 Å². The van der Waals surface area contributed by atoms with Gasteiger partial charge in [0.05, 0.1) is 6.61 Å². The normalized spacial score (nSPS) is 12.1. The van der Waals surface area contributed by atoms with Crippen LogP contribution in [-0.2, 0) is 11.3 Å². The fourth-order valence-electron chi connectivity index (χ4n) is 1.59. The number of benzene rings is 1. The molecule has 0 unspecified atom stereocenters. The monoisotopic (exact) mass is 319 g/mol. The molecule has 0 aliphatic heterocycles. The maximum absolute atomic E-state index is 12.1. The molecule has 8 heteroatoms. The zero-order valence-corrected chi connectivity index (χ0v) is 12.5. The summed E-state index contributed by atoms with van der Waals surface area (Å²) in [4.78, 5) is 4.02. The summed E-state index contributed by atoms with van der Waals surface area (Å²) in [5.74, 6) is 0.762. The summed E-state index contributed by atoms with van der Waals surface area (Å²) in [6.45, 7) is 0.256. The van der Waals surface area contributed by atoms with Gasteiger partial charge in [-0.15, -0.1) is 0 Å². The fourth-order valence-corrected chi connectivity index (χ4v) is 1.59. The van der Waals surface area contributed by atoms with Gasteiger partial charge in [-0.1, -0.05) is 12.1 Å². The third-order valence-electron chi connectivity index (χ3n) is 2.58. The Labute approximate surface area is 127 Å². The van der Waals surface area contributed by atoms with Crippen molar-refractivity contribution in [3.8, 4) is 5.75 Å². The van der Waals surface area contributed by atoms with Gasteiger partial charge in [-0.3, -0.25) is 4.99 Å². The molecule has 0 aliphatic rings. The number of nitrogens with one attached hydrogen (secondary N) is 2. The van der Waals surface area contributed by atoms with Crippen molar-refractivity contribution in [2.24, 2.45) is 4.99 Å². The topological polar surface area (TPSA) is 54.9 Å². The molecule has 0 fully saturated rings. The Morgan fingerprint density at radius 2 is 2.05 bits per heavy atom. The highest BCUT2D eigenvalue weighted by atomic mass is 19.4. The minimum absolute atomic E-state index is 0.180. The lowest BCUT2D eigenvalue weighted by atomic mass is 10.2. The van der Waals surface area contributed by atoms with E-state index in [1.807, 2.05) is 0 Å². The van der Waals surface area contributed by atoms with Gasteiger partial charge in [0.2, 0.25) is 0 Å². The van der Waals surface area contributed by atoms with Crippen molar-refractivity contribution in [1.82, 2.24) is 10.6 Å². The van der Waals surface area contributed by atoms with Crippen LogP contribution in [0.15, 0.2) is 29.3 Å². The smallest absolute Gasteiger partial charge is 0.422 e. The van der Waals surface area contributed by atoms with E-state index in [9.17, 15) is 13.2 Å². The molecule has 1 aromatic rings.